The van der Waals surface area contributed by atoms with Gasteiger partial charge in [-0.2, -0.15) is 0 Å². The molecule has 8 nitrogen and oxygen atoms in total. The zero-order valence-corrected chi connectivity index (χ0v) is 44.6. The zero-order chi connectivity index (χ0) is 50.5. The lowest BCUT2D eigenvalue weighted by molar-refractivity contribution is -0.870. The van der Waals surface area contributed by atoms with Gasteiger partial charge < -0.3 is 27.9 Å². The summed E-state index contributed by atoms with van der Waals surface area (Å²) in [6.07, 6.45) is 78.3. The van der Waals surface area contributed by atoms with Crippen LogP contribution in [-0.2, 0) is 27.9 Å². The van der Waals surface area contributed by atoms with Crippen LogP contribution in [0, 0.1) is 0 Å². The highest BCUT2D eigenvalue weighted by Crippen LogP contribution is 2.38. The van der Waals surface area contributed by atoms with Crippen LogP contribution < -0.4 is 4.89 Å². The predicted molar refractivity (Wildman–Crippen MR) is 295 cm³/mol. The minimum absolute atomic E-state index is 0.00528. The number of quaternary nitrogens is 1. The molecule has 0 heterocycles. The van der Waals surface area contributed by atoms with E-state index < -0.39 is 19.9 Å². The van der Waals surface area contributed by atoms with Crippen molar-refractivity contribution in [2.24, 2.45) is 0 Å². The fourth-order valence-corrected chi connectivity index (χ4v) is 6.59. The fourth-order valence-electron chi connectivity index (χ4n) is 5.87. The van der Waals surface area contributed by atoms with E-state index in [1.807, 2.05) is 21.1 Å². The van der Waals surface area contributed by atoms with Crippen molar-refractivity contribution in [3.8, 4) is 0 Å². The Morgan fingerprint density at radius 1 is 0.449 bits per heavy atom. The SMILES string of the molecule is CC/C=C\C/C=C\C/C=C\C/C=C\C/C=C\C/C=C\C/C=C\CCCCOCC(COP(=O)([O-])OCC[N+](C)(C)C)OC(=O)CCC/C=C\C/C=C\C/C=C\C/C=C\C/C=C\C/C=C\C/C=C\CC. The molecule has 0 bridgehead atoms. The van der Waals surface area contributed by atoms with Crippen molar-refractivity contribution in [1.82, 2.24) is 0 Å². The summed E-state index contributed by atoms with van der Waals surface area (Å²) in [6.45, 7) is 4.93. The van der Waals surface area contributed by atoms with Gasteiger partial charge in [-0.05, 0) is 122 Å². The summed E-state index contributed by atoms with van der Waals surface area (Å²) in [5, 5.41) is 0. The molecule has 0 saturated carbocycles. The van der Waals surface area contributed by atoms with Crippen LogP contribution in [-0.4, -0.2) is 70.7 Å². The Bertz CT molecular complexity index is 1700. The summed E-state index contributed by atoms with van der Waals surface area (Å²) in [4.78, 5) is 25.2. The van der Waals surface area contributed by atoms with E-state index >= 15 is 0 Å². The van der Waals surface area contributed by atoms with Gasteiger partial charge in [-0.1, -0.05) is 184 Å². The second kappa shape index (κ2) is 50.3. The quantitative estimate of drug-likeness (QED) is 0.0197. The summed E-state index contributed by atoms with van der Waals surface area (Å²) in [5.74, 6) is -0.415. The van der Waals surface area contributed by atoms with Gasteiger partial charge in [-0.25, -0.2) is 0 Å². The van der Waals surface area contributed by atoms with E-state index in [4.69, 9.17) is 18.5 Å². The van der Waals surface area contributed by atoms with Crippen molar-refractivity contribution >= 4 is 13.8 Å². The van der Waals surface area contributed by atoms with Crippen LogP contribution in [0.3, 0.4) is 0 Å². The van der Waals surface area contributed by atoms with Crippen LogP contribution in [0.5, 0.6) is 0 Å². The lowest BCUT2D eigenvalue weighted by Gasteiger charge is -2.28. The van der Waals surface area contributed by atoms with E-state index in [1.54, 1.807) is 0 Å². The molecule has 69 heavy (non-hydrogen) atoms. The first kappa shape index (κ1) is 64.9. The van der Waals surface area contributed by atoms with Crippen molar-refractivity contribution < 1.29 is 37.3 Å². The first-order valence-corrected chi connectivity index (χ1v) is 27.3. The van der Waals surface area contributed by atoms with E-state index in [9.17, 15) is 14.3 Å². The molecule has 0 radical (unpaired) electrons. The first-order chi connectivity index (χ1) is 33.6. The summed E-state index contributed by atoms with van der Waals surface area (Å²) >= 11 is 0. The lowest BCUT2D eigenvalue weighted by atomic mass is 10.2. The number of unbranched alkanes of at least 4 members (excludes halogenated alkanes) is 3. The van der Waals surface area contributed by atoms with Crippen LogP contribution in [0.2, 0.25) is 0 Å². The van der Waals surface area contributed by atoms with Crippen molar-refractivity contribution in [2.45, 2.75) is 148 Å². The summed E-state index contributed by atoms with van der Waals surface area (Å²) in [7, 11) is 1.26. The third-order valence-electron chi connectivity index (χ3n) is 9.76. The van der Waals surface area contributed by atoms with Gasteiger partial charge in [0.15, 0.2) is 0 Å². The van der Waals surface area contributed by atoms with Crippen molar-refractivity contribution in [3.05, 3.63) is 170 Å². The highest BCUT2D eigenvalue weighted by atomic mass is 31.2. The van der Waals surface area contributed by atoms with Crippen molar-refractivity contribution in [2.75, 3.05) is 54.1 Å². The molecule has 0 aliphatic rings. The molecule has 0 saturated heterocycles. The number of carbonyl (C=O) groups is 1. The van der Waals surface area contributed by atoms with Crippen molar-refractivity contribution in [1.29, 1.82) is 0 Å². The smallest absolute Gasteiger partial charge is 0.306 e. The Kier molecular flexibility index (Phi) is 47.2. The van der Waals surface area contributed by atoms with E-state index in [2.05, 4.69) is 184 Å². The Morgan fingerprint density at radius 2 is 0.783 bits per heavy atom. The van der Waals surface area contributed by atoms with Gasteiger partial charge in [0, 0.05) is 13.0 Å². The molecule has 0 aliphatic heterocycles. The third-order valence-corrected chi connectivity index (χ3v) is 10.7. The van der Waals surface area contributed by atoms with E-state index in [1.165, 1.54) is 0 Å². The van der Waals surface area contributed by atoms with Crippen LogP contribution in [0.1, 0.15) is 142 Å². The predicted octanol–water partition coefficient (Wildman–Crippen LogP) is 15.8. The molecule has 0 rings (SSSR count). The number of nitrogens with zero attached hydrogens (tertiary/aromatic N) is 1. The molecule has 0 N–H and O–H groups in total. The standard InChI is InChI=1S/C60H94NO7P/c1-6-8-10-12-14-16-18-20-22-24-26-28-30-32-34-36-38-40-42-44-46-48-50-52-55-65-57-59(58-67-69(63,64)66-56-54-61(3,4)5)68-60(62)53-51-49-47-45-43-41-39-37-35-33-31-29-27-25-23-21-19-17-15-13-11-9-7-2/h8-11,14-17,20-23,26-29,32-35,38-41,44-47,59H,6-7,12-13,18-19,24-25,30-31,36-37,42-43,48-58H2,1-5H3/b10-8-,11-9-,16-14-,17-15-,22-20-,23-21-,28-26-,29-27-,34-32-,35-33-,40-38-,41-39-,46-44-,47-45-. The molecule has 0 amide bonds. The average Bonchev–Trinajstić information content (AvgIpc) is 3.31. The molecule has 0 fully saturated rings. The maximum Gasteiger partial charge on any atom is 0.306 e. The van der Waals surface area contributed by atoms with Gasteiger partial charge in [0.2, 0.25) is 0 Å². The number of esters is 1. The number of carbonyl (C=O) groups excluding carboxylic acids is 1. The highest BCUT2D eigenvalue weighted by molar-refractivity contribution is 7.45. The van der Waals surface area contributed by atoms with Crippen molar-refractivity contribution in [3.63, 3.8) is 0 Å². The van der Waals surface area contributed by atoms with E-state index in [0.29, 0.717) is 24.1 Å². The van der Waals surface area contributed by atoms with Gasteiger partial charge in [0.05, 0.1) is 34.4 Å². The van der Waals surface area contributed by atoms with Crippen LogP contribution in [0.25, 0.3) is 0 Å². The summed E-state index contributed by atoms with van der Waals surface area (Å²) < 4.78 is 34.6. The van der Waals surface area contributed by atoms with Gasteiger partial charge >= 0.3 is 5.97 Å². The number of phosphoric ester groups is 1. The Hall–Kier alpha value is -4.14. The highest BCUT2D eigenvalue weighted by Gasteiger charge is 2.20. The fraction of sp³-hybridized carbons (Fsp3) is 0.517. The molecule has 0 aromatic rings. The number of hydrogen-bond acceptors (Lipinski definition) is 7. The van der Waals surface area contributed by atoms with Gasteiger partial charge in [0.25, 0.3) is 7.82 Å². The molecule has 386 valence electrons. The van der Waals surface area contributed by atoms with Gasteiger partial charge in [0.1, 0.15) is 19.3 Å². The van der Waals surface area contributed by atoms with Gasteiger partial charge in [-0.3, -0.25) is 9.36 Å². The molecule has 2 atom stereocenters. The van der Waals surface area contributed by atoms with Crippen LogP contribution in [0.15, 0.2) is 170 Å². The number of rotatable bonds is 45. The zero-order valence-electron chi connectivity index (χ0n) is 43.7. The largest absolute Gasteiger partial charge is 0.756 e. The molecular formula is C60H94NO7P. The number of phosphoric acid groups is 1. The molecule has 0 aromatic carbocycles. The molecule has 0 aromatic heterocycles. The normalized spacial score (nSPS) is 14.9. The second-order valence-electron chi connectivity index (χ2n) is 17.4. The second-order valence-corrected chi connectivity index (χ2v) is 18.8. The maximum absolute atomic E-state index is 12.7. The Labute approximate surface area is 422 Å². The lowest BCUT2D eigenvalue weighted by Crippen LogP contribution is -2.37. The minimum atomic E-state index is -4.58. The first-order valence-electron chi connectivity index (χ1n) is 25.9. The monoisotopic (exact) mass is 972 g/mol. The molecule has 9 heteroatoms. The minimum Gasteiger partial charge on any atom is -0.756 e. The van der Waals surface area contributed by atoms with Crippen LogP contribution in [0.4, 0.5) is 0 Å². The van der Waals surface area contributed by atoms with Gasteiger partial charge in [-0.15, -0.1) is 0 Å². The maximum atomic E-state index is 12.7. The number of allylic oxidation sites excluding steroid dienone is 28. The van der Waals surface area contributed by atoms with Crippen LogP contribution >= 0.6 is 7.82 Å². The molecule has 0 spiro atoms. The summed E-state index contributed by atoms with van der Waals surface area (Å²) in [6, 6.07) is 0. The average molecular weight is 972 g/mol. The molecule has 2 unspecified atom stereocenters. The van der Waals surface area contributed by atoms with E-state index in [0.717, 1.165) is 116 Å². The molecular weight excluding hydrogens is 878 g/mol. The van der Waals surface area contributed by atoms with E-state index in [-0.39, 0.29) is 26.2 Å². The number of ether oxygens (including phenoxy) is 2. The Morgan fingerprint density at radius 3 is 1.13 bits per heavy atom. The number of hydrogen-bond donors (Lipinski definition) is 0. The topological polar surface area (TPSA) is 94.1 Å². The summed E-state index contributed by atoms with van der Waals surface area (Å²) in [5.41, 5.74) is 0. The third kappa shape index (κ3) is 54.7. The number of likely N-dealkylation sites (N-methyl/N-ethyl adjacent to an activating group) is 1. The Balaban J connectivity index is 4.41. The molecule has 0 aliphatic carbocycles.